The van der Waals surface area contributed by atoms with Crippen molar-refractivity contribution in [2.45, 2.75) is 13.1 Å². The van der Waals surface area contributed by atoms with Gasteiger partial charge in [-0.3, -0.25) is 9.36 Å². The molecular formula is C16H12F3N3O. The van der Waals surface area contributed by atoms with Crippen molar-refractivity contribution < 1.29 is 18.0 Å². The van der Waals surface area contributed by atoms with Crippen molar-refractivity contribution in [1.82, 2.24) is 9.55 Å². The summed E-state index contributed by atoms with van der Waals surface area (Å²) in [5.41, 5.74) is 2.21. The number of aromatic nitrogens is 2. The lowest BCUT2D eigenvalue weighted by molar-refractivity contribution is -0.167. The van der Waals surface area contributed by atoms with Gasteiger partial charge in [-0.05, 0) is 37.3 Å². The Bertz CT molecular complexity index is 869. The lowest BCUT2D eigenvalue weighted by Crippen LogP contribution is -2.29. The van der Waals surface area contributed by atoms with E-state index in [0.29, 0.717) is 11.3 Å². The Hall–Kier alpha value is -2.83. The maximum absolute atomic E-state index is 12.3. The summed E-state index contributed by atoms with van der Waals surface area (Å²) in [6.07, 6.45) is -4.92. The number of aryl methyl sites for hydroxylation is 1. The molecule has 1 amide bonds. The SMILES string of the molecule is Cc1nc2cc(NC(=O)C(F)(F)F)ccc2n1-c1ccccc1. The van der Waals surface area contributed by atoms with E-state index in [1.54, 1.807) is 13.0 Å². The molecule has 0 aliphatic carbocycles. The zero-order chi connectivity index (χ0) is 16.6. The number of alkyl halides is 3. The van der Waals surface area contributed by atoms with Gasteiger partial charge in [0.15, 0.2) is 0 Å². The molecule has 4 nitrogen and oxygen atoms in total. The van der Waals surface area contributed by atoms with E-state index in [-0.39, 0.29) is 5.69 Å². The van der Waals surface area contributed by atoms with Crippen LogP contribution in [0.3, 0.4) is 0 Å². The molecule has 0 radical (unpaired) electrons. The van der Waals surface area contributed by atoms with E-state index in [1.807, 2.05) is 40.2 Å². The fourth-order valence-electron chi connectivity index (χ4n) is 2.38. The molecule has 118 valence electrons. The van der Waals surface area contributed by atoms with Crippen LogP contribution in [-0.2, 0) is 4.79 Å². The molecule has 0 fully saturated rings. The molecule has 0 saturated heterocycles. The van der Waals surface area contributed by atoms with Crippen LogP contribution in [0.25, 0.3) is 16.7 Å². The number of carbonyl (C=O) groups is 1. The van der Waals surface area contributed by atoms with Gasteiger partial charge in [-0.2, -0.15) is 13.2 Å². The number of carbonyl (C=O) groups excluding carboxylic acids is 1. The maximum Gasteiger partial charge on any atom is 0.471 e. The van der Waals surface area contributed by atoms with Crippen molar-refractivity contribution in [2.75, 3.05) is 5.32 Å². The van der Waals surface area contributed by atoms with E-state index in [1.165, 1.54) is 12.1 Å². The number of imidazole rings is 1. The first-order chi connectivity index (χ1) is 10.9. The van der Waals surface area contributed by atoms with Crippen molar-refractivity contribution in [2.24, 2.45) is 0 Å². The number of nitrogens with zero attached hydrogens (tertiary/aromatic N) is 2. The summed E-state index contributed by atoms with van der Waals surface area (Å²) < 4.78 is 38.8. The molecule has 23 heavy (non-hydrogen) atoms. The molecule has 0 aliphatic heterocycles. The molecule has 7 heteroatoms. The summed E-state index contributed by atoms with van der Waals surface area (Å²) in [4.78, 5) is 15.4. The fourth-order valence-corrected chi connectivity index (χ4v) is 2.38. The number of halogens is 3. The van der Waals surface area contributed by atoms with Gasteiger partial charge in [0.1, 0.15) is 5.82 Å². The minimum absolute atomic E-state index is 0.0533. The van der Waals surface area contributed by atoms with Crippen molar-refractivity contribution >= 4 is 22.6 Å². The number of benzene rings is 2. The third kappa shape index (κ3) is 2.90. The molecular weight excluding hydrogens is 307 g/mol. The van der Waals surface area contributed by atoms with Crippen LogP contribution in [0.5, 0.6) is 0 Å². The monoisotopic (exact) mass is 319 g/mol. The highest BCUT2D eigenvalue weighted by Gasteiger charge is 2.38. The quantitative estimate of drug-likeness (QED) is 0.780. The molecule has 0 spiro atoms. The first-order valence-electron chi connectivity index (χ1n) is 6.79. The van der Waals surface area contributed by atoms with Gasteiger partial charge in [0.05, 0.1) is 11.0 Å². The van der Waals surface area contributed by atoms with E-state index < -0.39 is 12.1 Å². The zero-order valence-corrected chi connectivity index (χ0v) is 12.1. The molecule has 3 aromatic rings. The van der Waals surface area contributed by atoms with E-state index in [9.17, 15) is 18.0 Å². The number of fused-ring (bicyclic) bond motifs is 1. The van der Waals surface area contributed by atoms with Crippen molar-refractivity contribution in [3.8, 4) is 5.69 Å². The molecule has 0 saturated carbocycles. The van der Waals surface area contributed by atoms with Gasteiger partial charge < -0.3 is 5.32 Å². The number of amides is 1. The predicted octanol–water partition coefficient (Wildman–Crippen LogP) is 3.83. The molecule has 3 rings (SSSR count). The van der Waals surface area contributed by atoms with E-state index >= 15 is 0 Å². The Balaban J connectivity index is 2.02. The Labute approximate surface area is 129 Å². The number of nitrogens with one attached hydrogen (secondary N) is 1. The van der Waals surface area contributed by atoms with Crippen molar-refractivity contribution in [3.63, 3.8) is 0 Å². The first kappa shape index (κ1) is 15.1. The Morgan fingerprint density at radius 1 is 1.13 bits per heavy atom. The maximum atomic E-state index is 12.3. The van der Waals surface area contributed by atoms with Gasteiger partial charge in [0, 0.05) is 11.4 Å². The minimum atomic E-state index is -4.92. The Morgan fingerprint density at radius 2 is 1.83 bits per heavy atom. The Kier molecular flexibility index (Phi) is 3.55. The molecule has 1 N–H and O–H groups in total. The molecule has 0 aliphatic rings. The van der Waals surface area contributed by atoms with Crippen LogP contribution >= 0.6 is 0 Å². The van der Waals surface area contributed by atoms with E-state index in [0.717, 1.165) is 11.2 Å². The number of hydrogen-bond acceptors (Lipinski definition) is 2. The van der Waals surface area contributed by atoms with Crippen LogP contribution in [0, 0.1) is 6.92 Å². The smallest absolute Gasteiger partial charge is 0.318 e. The lowest BCUT2D eigenvalue weighted by Gasteiger charge is -2.09. The minimum Gasteiger partial charge on any atom is -0.318 e. The van der Waals surface area contributed by atoms with Gasteiger partial charge in [-0.25, -0.2) is 4.98 Å². The molecule has 2 aromatic carbocycles. The number of para-hydroxylation sites is 1. The second-order valence-electron chi connectivity index (χ2n) is 4.99. The van der Waals surface area contributed by atoms with Crippen LogP contribution < -0.4 is 5.32 Å². The summed E-state index contributed by atoms with van der Waals surface area (Å²) in [7, 11) is 0. The van der Waals surface area contributed by atoms with Crippen LogP contribution in [0.4, 0.5) is 18.9 Å². The fraction of sp³-hybridized carbons (Fsp3) is 0.125. The third-order valence-electron chi connectivity index (χ3n) is 3.35. The second-order valence-corrected chi connectivity index (χ2v) is 4.99. The van der Waals surface area contributed by atoms with Gasteiger partial charge in [0.2, 0.25) is 0 Å². The molecule has 0 bridgehead atoms. The highest BCUT2D eigenvalue weighted by molar-refractivity contribution is 5.96. The van der Waals surface area contributed by atoms with Crippen molar-refractivity contribution in [1.29, 1.82) is 0 Å². The van der Waals surface area contributed by atoms with Gasteiger partial charge in [-0.15, -0.1) is 0 Å². The molecule has 1 aromatic heterocycles. The summed E-state index contributed by atoms with van der Waals surface area (Å²) in [6, 6.07) is 14.0. The highest BCUT2D eigenvalue weighted by atomic mass is 19.4. The van der Waals surface area contributed by atoms with Crippen molar-refractivity contribution in [3.05, 3.63) is 54.4 Å². The van der Waals surface area contributed by atoms with Crippen LogP contribution in [0.1, 0.15) is 5.82 Å². The summed E-state index contributed by atoms with van der Waals surface area (Å²) in [6.45, 7) is 1.81. The number of hydrogen-bond donors (Lipinski definition) is 1. The van der Waals surface area contributed by atoms with Crippen LogP contribution in [0.2, 0.25) is 0 Å². The summed E-state index contributed by atoms with van der Waals surface area (Å²) in [5, 5.41) is 1.83. The van der Waals surface area contributed by atoms with E-state index in [4.69, 9.17) is 0 Å². The lowest BCUT2D eigenvalue weighted by atomic mass is 10.2. The van der Waals surface area contributed by atoms with Gasteiger partial charge in [0.25, 0.3) is 0 Å². The third-order valence-corrected chi connectivity index (χ3v) is 3.35. The second kappa shape index (κ2) is 5.42. The first-order valence-corrected chi connectivity index (χ1v) is 6.79. The molecule has 0 unspecified atom stereocenters. The number of anilines is 1. The average molecular weight is 319 g/mol. The van der Waals surface area contributed by atoms with Crippen LogP contribution in [-0.4, -0.2) is 21.6 Å². The van der Waals surface area contributed by atoms with Gasteiger partial charge in [-0.1, -0.05) is 18.2 Å². The molecule has 0 atom stereocenters. The average Bonchev–Trinajstić information content (AvgIpc) is 2.82. The summed E-state index contributed by atoms with van der Waals surface area (Å²) in [5.74, 6) is -1.30. The topological polar surface area (TPSA) is 46.9 Å². The molecule has 1 heterocycles. The van der Waals surface area contributed by atoms with Crippen LogP contribution in [0.15, 0.2) is 48.5 Å². The van der Waals surface area contributed by atoms with E-state index in [2.05, 4.69) is 4.98 Å². The zero-order valence-electron chi connectivity index (χ0n) is 12.1. The summed E-state index contributed by atoms with van der Waals surface area (Å²) >= 11 is 0. The normalized spacial score (nSPS) is 11.7. The number of rotatable bonds is 2. The van der Waals surface area contributed by atoms with Gasteiger partial charge >= 0.3 is 12.1 Å². The highest BCUT2D eigenvalue weighted by Crippen LogP contribution is 2.25. The predicted molar refractivity (Wildman–Crippen MR) is 80.5 cm³/mol. The Morgan fingerprint density at radius 3 is 2.48 bits per heavy atom. The largest absolute Gasteiger partial charge is 0.471 e. The standard InChI is InChI=1S/C16H12F3N3O/c1-10-20-13-9-11(21-15(23)16(17,18)19)7-8-14(13)22(10)12-5-3-2-4-6-12/h2-9H,1H3,(H,21,23).